The van der Waals surface area contributed by atoms with Crippen molar-refractivity contribution < 1.29 is 19.0 Å². The molecule has 5 nitrogen and oxygen atoms in total. The molecule has 32 heavy (non-hydrogen) atoms. The van der Waals surface area contributed by atoms with Gasteiger partial charge in [0.1, 0.15) is 11.5 Å². The number of carbonyl (C=O) groups is 1. The zero-order chi connectivity index (χ0) is 22.7. The number of nitrogens with one attached hydrogen (secondary N) is 1. The van der Waals surface area contributed by atoms with E-state index in [4.69, 9.17) is 25.8 Å². The van der Waals surface area contributed by atoms with E-state index >= 15 is 0 Å². The first-order chi connectivity index (χ1) is 15.5. The zero-order valence-electron chi connectivity index (χ0n) is 17.3. The normalized spacial score (nSPS) is 10.6. The van der Waals surface area contributed by atoms with Crippen LogP contribution in [0.3, 0.4) is 0 Å². The summed E-state index contributed by atoms with van der Waals surface area (Å²) in [5.74, 6) is 1.85. The van der Waals surface area contributed by atoms with Gasteiger partial charge in [-0.05, 0) is 69.2 Å². The van der Waals surface area contributed by atoms with Crippen molar-refractivity contribution in [3.05, 3.63) is 87.9 Å². The highest BCUT2D eigenvalue weighted by molar-refractivity contribution is 9.10. The Morgan fingerprint density at radius 1 is 0.844 bits per heavy atom. The minimum atomic E-state index is -0.298. The molecule has 0 saturated heterocycles. The lowest BCUT2D eigenvalue weighted by atomic mass is 10.1. The SMILES string of the molecule is COc1ccc(C(=O)Nc2ccc(Oc3ccc4ccccc4c3Br)c(Cl)c2)cc1OC. The number of hydrogen-bond acceptors (Lipinski definition) is 4. The summed E-state index contributed by atoms with van der Waals surface area (Å²) < 4.78 is 17.3. The van der Waals surface area contributed by atoms with Gasteiger partial charge in [0, 0.05) is 11.3 Å². The number of hydrogen-bond donors (Lipinski definition) is 1. The molecular weight excluding hydrogens is 494 g/mol. The van der Waals surface area contributed by atoms with E-state index in [9.17, 15) is 4.79 Å². The molecule has 4 rings (SSSR count). The second-order valence-corrected chi connectivity index (χ2v) is 8.07. The van der Waals surface area contributed by atoms with Crippen molar-refractivity contribution in [1.82, 2.24) is 0 Å². The average molecular weight is 513 g/mol. The second-order valence-electron chi connectivity index (χ2n) is 6.87. The van der Waals surface area contributed by atoms with Crippen LogP contribution < -0.4 is 19.5 Å². The van der Waals surface area contributed by atoms with E-state index in [1.807, 2.05) is 36.4 Å². The number of methoxy groups -OCH3 is 2. The average Bonchev–Trinajstić information content (AvgIpc) is 2.82. The second kappa shape index (κ2) is 9.51. The van der Waals surface area contributed by atoms with Crippen molar-refractivity contribution in [2.75, 3.05) is 19.5 Å². The number of fused-ring (bicyclic) bond motifs is 1. The fraction of sp³-hybridized carbons (Fsp3) is 0.0800. The molecule has 0 aromatic heterocycles. The molecule has 0 atom stereocenters. The minimum Gasteiger partial charge on any atom is -0.493 e. The van der Waals surface area contributed by atoms with E-state index in [1.165, 1.54) is 7.11 Å². The highest BCUT2D eigenvalue weighted by Crippen LogP contribution is 2.38. The molecule has 0 aliphatic heterocycles. The molecule has 1 N–H and O–H groups in total. The van der Waals surface area contributed by atoms with Crippen molar-refractivity contribution in [2.24, 2.45) is 0 Å². The van der Waals surface area contributed by atoms with Crippen molar-refractivity contribution in [3.63, 3.8) is 0 Å². The van der Waals surface area contributed by atoms with Crippen LogP contribution in [0.25, 0.3) is 10.8 Å². The maximum atomic E-state index is 12.7. The van der Waals surface area contributed by atoms with Gasteiger partial charge >= 0.3 is 0 Å². The van der Waals surface area contributed by atoms with E-state index in [2.05, 4.69) is 21.2 Å². The molecule has 0 heterocycles. The predicted octanol–water partition coefficient (Wildman–Crippen LogP) is 7.32. The van der Waals surface area contributed by atoms with Gasteiger partial charge in [0.15, 0.2) is 11.5 Å². The summed E-state index contributed by atoms with van der Waals surface area (Å²) in [4.78, 5) is 12.7. The molecule has 0 unspecified atom stereocenters. The van der Waals surface area contributed by atoms with E-state index in [1.54, 1.807) is 43.5 Å². The molecule has 7 heteroatoms. The lowest BCUT2D eigenvalue weighted by Gasteiger charge is -2.13. The van der Waals surface area contributed by atoms with E-state index in [0.717, 1.165) is 15.2 Å². The first-order valence-corrected chi connectivity index (χ1v) is 10.9. The van der Waals surface area contributed by atoms with Gasteiger partial charge in [0.05, 0.1) is 23.7 Å². The van der Waals surface area contributed by atoms with Crippen LogP contribution in [-0.2, 0) is 0 Å². The number of halogens is 2. The maximum Gasteiger partial charge on any atom is 0.255 e. The number of carbonyl (C=O) groups excluding carboxylic acids is 1. The lowest BCUT2D eigenvalue weighted by molar-refractivity contribution is 0.102. The van der Waals surface area contributed by atoms with Crippen LogP contribution in [0.2, 0.25) is 5.02 Å². The quantitative estimate of drug-likeness (QED) is 0.294. The Hall–Kier alpha value is -3.22. The summed E-state index contributed by atoms with van der Waals surface area (Å²) >= 11 is 10.1. The fourth-order valence-electron chi connectivity index (χ4n) is 3.25. The molecule has 0 spiro atoms. The van der Waals surface area contributed by atoms with Gasteiger partial charge in [-0.3, -0.25) is 4.79 Å². The first kappa shape index (κ1) is 22.0. The van der Waals surface area contributed by atoms with Crippen LogP contribution in [0.4, 0.5) is 5.69 Å². The van der Waals surface area contributed by atoms with Crippen LogP contribution in [0.1, 0.15) is 10.4 Å². The van der Waals surface area contributed by atoms with Crippen LogP contribution in [0.15, 0.2) is 77.3 Å². The van der Waals surface area contributed by atoms with Crippen molar-refractivity contribution in [2.45, 2.75) is 0 Å². The van der Waals surface area contributed by atoms with E-state index in [-0.39, 0.29) is 5.91 Å². The molecule has 1 amide bonds. The Morgan fingerprint density at radius 2 is 1.56 bits per heavy atom. The highest BCUT2D eigenvalue weighted by Gasteiger charge is 2.13. The third-order valence-electron chi connectivity index (χ3n) is 4.88. The van der Waals surface area contributed by atoms with Crippen LogP contribution >= 0.6 is 27.5 Å². The summed E-state index contributed by atoms with van der Waals surface area (Å²) in [7, 11) is 3.06. The van der Waals surface area contributed by atoms with Gasteiger partial charge in [-0.2, -0.15) is 0 Å². The summed E-state index contributed by atoms with van der Waals surface area (Å²) in [5.41, 5.74) is 0.971. The summed E-state index contributed by atoms with van der Waals surface area (Å²) in [5, 5.41) is 5.34. The summed E-state index contributed by atoms with van der Waals surface area (Å²) in [6, 6.07) is 21.9. The molecule has 0 bridgehead atoms. The van der Waals surface area contributed by atoms with Gasteiger partial charge in [0.2, 0.25) is 0 Å². The fourth-order valence-corrected chi connectivity index (χ4v) is 4.05. The van der Waals surface area contributed by atoms with E-state index in [0.29, 0.717) is 39.3 Å². The Labute approximate surface area is 199 Å². The summed E-state index contributed by atoms with van der Waals surface area (Å²) in [6.07, 6.45) is 0. The number of ether oxygens (including phenoxy) is 3. The Kier molecular flexibility index (Phi) is 6.53. The van der Waals surface area contributed by atoms with Gasteiger partial charge in [-0.25, -0.2) is 0 Å². The molecule has 0 saturated carbocycles. The number of rotatable bonds is 6. The molecule has 0 aliphatic rings. The maximum absolute atomic E-state index is 12.7. The van der Waals surface area contributed by atoms with E-state index < -0.39 is 0 Å². The molecule has 4 aromatic carbocycles. The van der Waals surface area contributed by atoms with Crippen LogP contribution in [0, 0.1) is 0 Å². The Morgan fingerprint density at radius 3 is 2.31 bits per heavy atom. The Balaban J connectivity index is 1.53. The monoisotopic (exact) mass is 511 g/mol. The number of anilines is 1. The van der Waals surface area contributed by atoms with Gasteiger partial charge < -0.3 is 19.5 Å². The summed E-state index contributed by atoms with van der Waals surface area (Å²) in [6.45, 7) is 0. The number of amides is 1. The van der Waals surface area contributed by atoms with Crippen molar-refractivity contribution in [1.29, 1.82) is 0 Å². The molecule has 0 fully saturated rings. The third-order valence-corrected chi connectivity index (χ3v) is 6.00. The molecular formula is C25H19BrClNO4. The topological polar surface area (TPSA) is 56.8 Å². The van der Waals surface area contributed by atoms with Crippen LogP contribution in [0.5, 0.6) is 23.0 Å². The van der Waals surface area contributed by atoms with Gasteiger partial charge in [-0.1, -0.05) is 41.9 Å². The van der Waals surface area contributed by atoms with Crippen molar-refractivity contribution >= 4 is 49.9 Å². The van der Waals surface area contributed by atoms with Crippen LogP contribution in [-0.4, -0.2) is 20.1 Å². The standard InChI is InChI=1S/C25H19BrClNO4/c1-30-21-10-8-16(13-23(21)31-2)25(29)28-17-9-12-20(19(27)14-17)32-22-11-7-15-5-3-4-6-18(15)24(22)26/h3-14H,1-2H3,(H,28,29). The number of benzene rings is 4. The first-order valence-electron chi connectivity index (χ1n) is 9.68. The smallest absolute Gasteiger partial charge is 0.255 e. The molecule has 162 valence electrons. The van der Waals surface area contributed by atoms with Gasteiger partial charge in [-0.15, -0.1) is 0 Å². The lowest BCUT2D eigenvalue weighted by Crippen LogP contribution is -2.12. The third kappa shape index (κ3) is 4.52. The predicted molar refractivity (Wildman–Crippen MR) is 131 cm³/mol. The molecule has 0 aliphatic carbocycles. The molecule has 4 aromatic rings. The highest BCUT2D eigenvalue weighted by atomic mass is 79.9. The molecule has 0 radical (unpaired) electrons. The minimum absolute atomic E-state index is 0.298. The van der Waals surface area contributed by atoms with Crippen molar-refractivity contribution in [3.8, 4) is 23.0 Å². The van der Waals surface area contributed by atoms with Gasteiger partial charge in [0.25, 0.3) is 5.91 Å². The largest absolute Gasteiger partial charge is 0.493 e. The Bertz CT molecular complexity index is 1310. The zero-order valence-corrected chi connectivity index (χ0v) is 19.7.